The van der Waals surface area contributed by atoms with Gasteiger partial charge in [-0.15, -0.1) is 0 Å². The largest absolute Gasteiger partial charge is 0.468 e. The van der Waals surface area contributed by atoms with E-state index in [0.29, 0.717) is 29.7 Å². The van der Waals surface area contributed by atoms with Crippen molar-refractivity contribution in [2.45, 2.75) is 39.2 Å². The standard InChI is InChI=1S/C21H26O9/c1-5-28-17(22)14-11-7-8-30-16(11)15(18(23)29-6-2)13-10-21(9-12(13)14,19(24)26-3)20(25)27-4/h11,16H,5-10H2,1-4H3. The fourth-order valence-corrected chi connectivity index (χ4v) is 4.65. The van der Waals surface area contributed by atoms with Crippen molar-refractivity contribution < 1.29 is 42.9 Å². The van der Waals surface area contributed by atoms with Crippen molar-refractivity contribution in [3.8, 4) is 0 Å². The Morgan fingerprint density at radius 3 is 1.90 bits per heavy atom. The van der Waals surface area contributed by atoms with Crippen LogP contribution in [0.3, 0.4) is 0 Å². The zero-order valence-electron chi connectivity index (χ0n) is 17.6. The Bertz CT molecular complexity index is 767. The van der Waals surface area contributed by atoms with E-state index in [2.05, 4.69) is 0 Å². The van der Waals surface area contributed by atoms with Crippen molar-refractivity contribution in [1.29, 1.82) is 0 Å². The molecule has 3 rings (SSSR count). The summed E-state index contributed by atoms with van der Waals surface area (Å²) in [5.74, 6) is -3.13. The molecule has 2 atom stereocenters. The van der Waals surface area contributed by atoms with E-state index in [4.69, 9.17) is 23.7 Å². The lowest BCUT2D eigenvalue weighted by atomic mass is 9.77. The van der Waals surface area contributed by atoms with E-state index in [9.17, 15) is 19.2 Å². The van der Waals surface area contributed by atoms with E-state index in [1.807, 2.05) is 0 Å². The third kappa shape index (κ3) is 3.30. The van der Waals surface area contributed by atoms with Gasteiger partial charge in [-0.3, -0.25) is 9.59 Å². The lowest BCUT2D eigenvalue weighted by Crippen LogP contribution is -2.39. The van der Waals surface area contributed by atoms with Gasteiger partial charge in [-0.2, -0.15) is 0 Å². The first kappa shape index (κ1) is 22.0. The molecule has 1 heterocycles. The van der Waals surface area contributed by atoms with Crippen molar-refractivity contribution in [3.63, 3.8) is 0 Å². The number of fused-ring (bicyclic) bond motifs is 2. The van der Waals surface area contributed by atoms with Crippen molar-refractivity contribution in [2.24, 2.45) is 11.3 Å². The highest BCUT2D eigenvalue weighted by Gasteiger charge is 2.59. The maximum Gasteiger partial charge on any atom is 0.336 e. The van der Waals surface area contributed by atoms with Crippen molar-refractivity contribution >= 4 is 23.9 Å². The molecule has 0 radical (unpaired) electrons. The highest BCUT2D eigenvalue weighted by molar-refractivity contribution is 6.05. The van der Waals surface area contributed by atoms with Gasteiger partial charge in [0.2, 0.25) is 0 Å². The molecule has 0 amide bonds. The molecule has 30 heavy (non-hydrogen) atoms. The van der Waals surface area contributed by atoms with Gasteiger partial charge in [0.05, 0.1) is 39.1 Å². The van der Waals surface area contributed by atoms with Gasteiger partial charge in [0.1, 0.15) is 0 Å². The normalized spacial score (nSPS) is 24.1. The van der Waals surface area contributed by atoms with Crippen molar-refractivity contribution in [1.82, 2.24) is 0 Å². The average molecular weight is 422 g/mol. The van der Waals surface area contributed by atoms with E-state index >= 15 is 0 Å². The first-order valence-electron chi connectivity index (χ1n) is 9.95. The van der Waals surface area contributed by atoms with Crippen LogP contribution in [0.1, 0.15) is 33.1 Å². The molecule has 0 spiro atoms. The van der Waals surface area contributed by atoms with Gasteiger partial charge in [-0.1, -0.05) is 0 Å². The molecule has 1 saturated heterocycles. The van der Waals surface area contributed by atoms with E-state index in [0.717, 1.165) is 0 Å². The molecular weight excluding hydrogens is 396 g/mol. The molecule has 164 valence electrons. The summed E-state index contributed by atoms with van der Waals surface area (Å²) in [5.41, 5.74) is -0.258. The maximum atomic E-state index is 12.9. The monoisotopic (exact) mass is 422 g/mol. The van der Waals surface area contributed by atoms with E-state index in [1.54, 1.807) is 13.8 Å². The van der Waals surface area contributed by atoms with Gasteiger partial charge < -0.3 is 23.7 Å². The summed E-state index contributed by atoms with van der Waals surface area (Å²) in [5, 5.41) is 0. The number of hydrogen-bond acceptors (Lipinski definition) is 9. The number of ether oxygens (including phenoxy) is 5. The first-order valence-corrected chi connectivity index (χ1v) is 9.95. The maximum absolute atomic E-state index is 12.9. The second-order valence-electron chi connectivity index (χ2n) is 7.33. The molecule has 0 aromatic carbocycles. The third-order valence-electron chi connectivity index (χ3n) is 5.86. The van der Waals surface area contributed by atoms with Crippen LogP contribution in [-0.4, -0.2) is 64.0 Å². The van der Waals surface area contributed by atoms with E-state index in [1.165, 1.54) is 14.2 Å². The van der Waals surface area contributed by atoms with Gasteiger partial charge in [0.15, 0.2) is 5.41 Å². The summed E-state index contributed by atoms with van der Waals surface area (Å²) in [6.45, 7) is 4.05. The number of carbonyl (C=O) groups excluding carboxylic acids is 4. The Morgan fingerprint density at radius 1 is 0.900 bits per heavy atom. The van der Waals surface area contributed by atoms with Crippen LogP contribution in [0, 0.1) is 11.3 Å². The van der Waals surface area contributed by atoms with Gasteiger partial charge in [0.25, 0.3) is 0 Å². The minimum Gasteiger partial charge on any atom is -0.468 e. The van der Waals surface area contributed by atoms with Crippen LogP contribution < -0.4 is 0 Å². The molecular formula is C21H26O9. The Balaban J connectivity index is 2.26. The van der Waals surface area contributed by atoms with Crippen LogP contribution in [0.25, 0.3) is 0 Å². The van der Waals surface area contributed by atoms with Crippen molar-refractivity contribution in [2.75, 3.05) is 34.0 Å². The Morgan fingerprint density at radius 2 is 1.40 bits per heavy atom. The van der Waals surface area contributed by atoms with Crippen molar-refractivity contribution in [3.05, 3.63) is 22.3 Å². The second kappa shape index (κ2) is 8.59. The predicted molar refractivity (Wildman–Crippen MR) is 101 cm³/mol. The molecule has 1 aliphatic heterocycles. The number of methoxy groups -OCH3 is 2. The summed E-state index contributed by atoms with van der Waals surface area (Å²) in [7, 11) is 2.35. The number of carbonyl (C=O) groups is 4. The number of rotatable bonds is 6. The van der Waals surface area contributed by atoms with Gasteiger partial charge in [-0.05, 0) is 31.4 Å². The summed E-state index contributed by atoms with van der Waals surface area (Å²) in [6.07, 6.45) is -0.469. The van der Waals surface area contributed by atoms with Gasteiger partial charge in [-0.25, -0.2) is 9.59 Å². The number of hydrogen-bond donors (Lipinski definition) is 0. The molecule has 9 nitrogen and oxygen atoms in total. The lowest BCUT2D eigenvalue weighted by molar-refractivity contribution is -0.168. The SMILES string of the molecule is CCOC(=O)C1=C2CC(C(=O)OC)(C(=O)OC)CC2=C(C(=O)OCC)C2OCCC12. The molecule has 2 unspecified atom stereocenters. The zero-order chi connectivity index (χ0) is 22.1. The molecule has 2 aliphatic carbocycles. The lowest BCUT2D eigenvalue weighted by Gasteiger charge is -2.30. The molecule has 9 heteroatoms. The van der Waals surface area contributed by atoms with Crippen LogP contribution in [0.4, 0.5) is 0 Å². The smallest absolute Gasteiger partial charge is 0.336 e. The van der Waals surface area contributed by atoms with E-state index < -0.39 is 41.3 Å². The molecule has 0 N–H and O–H groups in total. The predicted octanol–water partition coefficient (Wildman–Crippen LogP) is 1.25. The second-order valence-corrected chi connectivity index (χ2v) is 7.33. The summed E-state index contributed by atoms with van der Waals surface area (Å²) >= 11 is 0. The summed E-state index contributed by atoms with van der Waals surface area (Å²) in [4.78, 5) is 51.1. The fourth-order valence-electron chi connectivity index (χ4n) is 4.65. The topological polar surface area (TPSA) is 114 Å². The molecule has 0 aromatic heterocycles. The van der Waals surface area contributed by atoms with Crippen LogP contribution in [-0.2, 0) is 42.9 Å². The van der Waals surface area contributed by atoms with E-state index in [-0.39, 0.29) is 31.6 Å². The average Bonchev–Trinajstić information content (AvgIpc) is 3.36. The van der Waals surface area contributed by atoms with Crippen LogP contribution in [0.2, 0.25) is 0 Å². The third-order valence-corrected chi connectivity index (χ3v) is 5.86. The first-order chi connectivity index (χ1) is 14.4. The summed E-state index contributed by atoms with van der Waals surface area (Å²) < 4.78 is 26.1. The van der Waals surface area contributed by atoms with Crippen LogP contribution >= 0.6 is 0 Å². The minimum absolute atomic E-state index is 0.123. The molecule has 1 saturated carbocycles. The minimum atomic E-state index is -1.69. The fraction of sp³-hybridized carbons (Fsp3) is 0.619. The molecule has 0 bridgehead atoms. The highest BCUT2D eigenvalue weighted by Crippen LogP contribution is 2.55. The number of allylic oxidation sites excluding steroid dienone is 2. The Kier molecular flexibility index (Phi) is 6.30. The Hall–Kier alpha value is -2.68. The Labute approximate surface area is 174 Å². The molecule has 2 fully saturated rings. The van der Waals surface area contributed by atoms with Crippen LogP contribution in [0.15, 0.2) is 22.3 Å². The quantitative estimate of drug-likeness (QED) is 0.354. The number of esters is 4. The molecule has 3 aliphatic rings. The van der Waals surface area contributed by atoms with Crippen LogP contribution in [0.5, 0.6) is 0 Å². The van der Waals surface area contributed by atoms with Gasteiger partial charge in [0, 0.05) is 30.9 Å². The zero-order valence-corrected chi connectivity index (χ0v) is 17.6. The summed E-state index contributed by atoms with van der Waals surface area (Å²) in [6, 6.07) is 0. The van der Waals surface area contributed by atoms with Gasteiger partial charge >= 0.3 is 23.9 Å². The highest BCUT2D eigenvalue weighted by atomic mass is 16.6. The molecule has 0 aromatic rings.